The highest BCUT2D eigenvalue weighted by molar-refractivity contribution is 5.71. The fraction of sp³-hybridized carbons (Fsp3) is 0.438. The zero-order valence-corrected chi connectivity index (χ0v) is 12.2. The second-order valence-corrected chi connectivity index (χ2v) is 5.53. The van der Waals surface area contributed by atoms with E-state index in [-0.39, 0.29) is 0 Å². The Balaban J connectivity index is 1.91. The smallest absolute Gasteiger partial charge is 0.152 e. The third kappa shape index (κ3) is 2.26. The molecule has 0 fully saturated rings. The van der Waals surface area contributed by atoms with Gasteiger partial charge in [0.05, 0.1) is 11.4 Å². The summed E-state index contributed by atoms with van der Waals surface area (Å²) < 4.78 is 1.97. The summed E-state index contributed by atoms with van der Waals surface area (Å²) in [6.45, 7) is 4.98. The van der Waals surface area contributed by atoms with Crippen molar-refractivity contribution in [1.29, 1.82) is 0 Å². The predicted octanol–water partition coefficient (Wildman–Crippen LogP) is 3.42. The third-order valence-corrected chi connectivity index (χ3v) is 3.97. The third-order valence-electron chi connectivity index (χ3n) is 3.97. The number of anilines is 3. The maximum absolute atomic E-state index is 6.15. The van der Waals surface area contributed by atoms with Gasteiger partial charge in [-0.25, -0.2) is 4.68 Å². The van der Waals surface area contributed by atoms with Crippen LogP contribution in [0.5, 0.6) is 0 Å². The Hall–Kier alpha value is -1.97. The van der Waals surface area contributed by atoms with Gasteiger partial charge in [0, 0.05) is 12.2 Å². The van der Waals surface area contributed by atoms with Gasteiger partial charge < -0.3 is 11.1 Å². The van der Waals surface area contributed by atoms with Crippen molar-refractivity contribution in [3.05, 3.63) is 35.0 Å². The predicted molar refractivity (Wildman–Crippen MR) is 83.4 cm³/mol. The molecule has 0 amide bonds. The number of hydrogen-bond acceptors (Lipinski definition) is 3. The molecule has 0 saturated heterocycles. The van der Waals surface area contributed by atoms with Crippen molar-refractivity contribution >= 4 is 17.2 Å². The van der Waals surface area contributed by atoms with Crippen molar-refractivity contribution in [2.75, 3.05) is 11.1 Å². The molecule has 1 heterocycles. The number of nitrogens with two attached hydrogens (primary N) is 1. The average molecular weight is 270 g/mol. The van der Waals surface area contributed by atoms with E-state index in [1.165, 1.54) is 30.4 Å². The van der Waals surface area contributed by atoms with Gasteiger partial charge in [-0.05, 0) is 55.9 Å². The topological polar surface area (TPSA) is 55.9 Å². The van der Waals surface area contributed by atoms with E-state index in [0.717, 1.165) is 35.9 Å². The Morgan fingerprint density at radius 2 is 2.10 bits per heavy atom. The van der Waals surface area contributed by atoms with Gasteiger partial charge in [-0.15, -0.1) is 0 Å². The molecule has 20 heavy (non-hydrogen) atoms. The van der Waals surface area contributed by atoms with Crippen LogP contribution < -0.4 is 11.1 Å². The Labute approximate surface area is 120 Å². The lowest BCUT2D eigenvalue weighted by Crippen LogP contribution is -2.06. The molecule has 0 aliphatic heterocycles. The first kappa shape index (κ1) is 13.0. The number of aromatic nitrogens is 2. The van der Waals surface area contributed by atoms with E-state index >= 15 is 0 Å². The standard InChI is InChI=1S/C16H22N4/c1-3-9-20-16(15(17)11(2)19-20)18-14-8-7-12-5-4-6-13(12)10-14/h7-8,10,18H,3-6,9,17H2,1-2H3. The normalized spacial score (nSPS) is 13.5. The lowest BCUT2D eigenvalue weighted by Gasteiger charge is -2.11. The van der Waals surface area contributed by atoms with E-state index in [1.54, 1.807) is 0 Å². The van der Waals surface area contributed by atoms with E-state index in [1.807, 2.05) is 11.6 Å². The van der Waals surface area contributed by atoms with Crippen LogP contribution >= 0.6 is 0 Å². The van der Waals surface area contributed by atoms with Crippen molar-refractivity contribution in [2.45, 2.75) is 46.1 Å². The summed E-state index contributed by atoms with van der Waals surface area (Å²) in [7, 11) is 0. The van der Waals surface area contributed by atoms with Gasteiger partial charge in [0.2, 0.25) is 0 Å². The summed E-state index contributed by atoms with van der Waals surface area (Å²) >= 11 is 0. The number of aryl methyl sites for hydroxylation is 4. The van der Waals surface area contributed by atoms with Crippen LogP contribution in [0.15, 0.2) is 18.2 Å². The van der Waals surface area contributed by atoms with Gasteiger partial charge in [0.25, 0.3) is 0 Å². The number of nitrogens with one attached hydrogen (secondary N) is 1. The lowest BCUT2D eigenvalue weighted by atomic mass is 10.1. The van der Waals surface area contributed by atoms with Crippen LogP contribution in [-0.4, -0.2) is 9.78 Å². The molecule has 2 aromatic rings. The summed E-state index contributed by atoms with van der Waals surface area (Å²) in [5.41, 5.74) is 11.8. The molecule has 0 saturated carbocycles. The highest BCUT2D eigenvalue weighted by atomic mass is 15.3. The van der Waals surface area contributed by atoms with E-state index in [9.17, 15) is 0 Å². The van der Waals surface area contributed by atoms with Crippen LogP contribution in [0, 0.1) is 6.92 Å². The largest absolute Gasteiger partial charge is 0.394 e. The minimum atomic E-state index is 0.749. The zero-order valence-electron chi connectivity index (χ0n) is 12.2. The van der Waals surface area contributed by atoms with Gasteiger partial charge >= 0.3 is 0 Å². The van der Waals surface area contributed by atoms with E-state index in [2.05, 4.69) is 35.5 Å². The first-order chi connectivity index (χ1) is 9.69. The first-order valence-corrected chi connectivity index (χ1v) is 7.40. The van der Waals surface area contributed by atoms with Gasteiger partial charge in [-0.1, -0.05) is 13.0 Å². The molecule has 0 spiro atoms. The van der Waals surface area contributed by atoms with Gasteiger partial charge in [-0.3, -0.25) is 0 Å². The molecular weight excluding hydrogens is 248 g/mol. The summed E-state index contributed by atoms with van der Waals surface area (Å²) in [5.74, 6) is 0.919. The van der Waals surface area contributed by atoms with E-state index < -0.39 is 0 Å². The number of rotatable bonds is 4. The summed E-state index contributed by atoms with van der Waals surface area (Å²) in [5, 5.41) is 7.95. The molecule has 0 bridgehead atoms. The van der Waals surface area contributed by atoms with Crippen LogP contribution in [0.2, 0.25) is 0 Å². The van der Waals surface area contributed by atoms with Crippen molar-refractivity contribution in [3.63, 3.8) is 0 Å². The molecule has 0 atom stereocenters. The van der Waals surface area contributed by atoms with E-state index in [0.29, 0.717) is 0 Å². The second-order valence-electron chi connectivity index (χ2n) is 5.53. The number of nitrogens with zero attached hydrogens (tertiary/aromatic N) is 2. The van der Waals surface area contributed by atoms with Gasteiger partial charge in [-0.2, -0.15) is 5.10 Å². The molecule has 1 aliphatic rings. The summed E-state index contributed by atoms with van der Waals surface area (Å²) in [4.78, 5) is 0. The van der Waals surface area contributed by atoms with Crippen molar-refractivity contribution < 1.29 is 0 Å². The molecule has 4 heteroatoms. The molecule has 0 unspecified atom stereocenters. The molecule has 3 rings (SSSR count). The lowest BCUT2D eigenvalue weighted by molar-refractivity contribution is 0.605. The Morgan fingerprint density at radius 3 is 2.90 bits per heavy atom. The number of benzene rings is 1. The second kappa shape index (κ2) is 5.19. The monoisotopic (exact) mass is 270 g/mol. The number of hydrogen-bond donors (Lipinski definition) is 2. The zero-order chi connectivity index (χ0) is 14.1. The summed E-state index contributed by atoms with van der Waals surface area (Å²) in [6, 6.07) is 6.62. The molecule has 106 valence electrons. The Morgan fingerprint density at radius 1 is 1.30 bits per heavy atom. The molecular formula is C16H22N4. The number of fused-ring (bicyclic) bond motifs is 1. The minimum absolute atomic E-state index is 0.749. The van der Waals surface area contributed by atoms with E-state index in [4.69, 9.17) is 5.73 Å². The highest BCUT2D eigenvalue weighted by Gasteiger charge is 2.14. The fourth-order valence-electron chi connectivity index (χ4n) is 2.89. The fourth-order valence-corrected chi connectivity index (χ4v) is 2.89. The van der Waals surface area contributed by atoms with Crippen LogP contribution in [0.4, 0.5) is 17.2 Å². The highest BCUT2D eigenvalue weighted by Crippen LogP contribution is 2.29. The quantitative estimate of drug-likeness (QED) is 0.895. The molecule has 1 aliphatic carbocycles. The summed E-state index contributed by atoms with van der Waals surface area (Å²) in [6.07, 6.45) is 4.71. The van der Waals surface area contributed by atoms with Crippen molar-refractivity contribution in [1.82, 2.24) is 9.78 Å². The average Bonchev–Trinajstić information content (AvgIpc) is 2.99. The maximum atomic E-state index is 6.15. The van der Waals surface area contributed by atoms with Gasteiger partial charge in [0.1, 0.15) is 0 Å². The maximum Gasteiger partial charge on any atom is 0.152 e. The van der Waals surface area contributed by atoms with Crippen LogP contribution in [0.25, 0.3) is 0 Å². The number of nitrogen functional groups attached to an aromatic ring is 1. The molecule has 0 radical (unpaired) electrons. The van der Waals surface area contributed by atoms with Crippen LogP contribution in [-0.2, 0) is 19.4 Å². The molecule has 3 N–H and O–H groups in total. The molecule has 4 nitrogen and oxygen atoms in total. The molecule has 1 aromatic carbocycles. The van der Waals surface area contributed by atoms with Crippen molar-refractivity contribution in [2.24, 2.45) is 0 Å². The molecule has 1 aromatic heterocycles. The Kier molecular flexibility index (Phi) is 3.38. The van der Waals surface area contributed by atoms with Gasteiger partial charge in [0.15, 0.2) is 5.82 Å². The SMILES string of the molecule is CCCn1nc(C)c(N)c1Nc1ccc2c(c1)CCC2. The first-order valence-electron chi connectivity index (χ1n) is 7.40. The Bertz CT molecular complexity index is 628. The van der Waals surface area contributed by atoms with Crippen LogP contribution in [0.1, 0.15) is 36.6 Å². The van der Waals surface area contributed by atoms with Crippen molar-refractivity contribution in [3.8, 4) is 0 Å². The van der Waals surface area contributed by atoms with Crippen LogP contribution in [0.3, 0.4) is 0 Å². The minimum Gasteiger partial charge on any atom is -0.394 e.